The zero-order valence-electron chi connectivity index (χ0n) is 10.7. The molecule has 19 heavy (non-hydrogen) atoms. The first-order valence-electron chi connectivity index (χ1n) is 6.23. The molecule has 94 valence electrons. The van der Waals surface area contributed by atoms with Gasteiger partial charge in [-0.05, 0) is 6.07 Å². The summed E-state index contributed by atoms with van der Waals surface area (Å²) in [6, 6.07) is 7.91. The topological polar surface area (TPSA) is 56.7 Å². The minimum absolute atomic E-state index is 0.458. The van der Waals surface area contributed by atoms with Gasteiger partial charge in [-0.25, -0.2) is 9.97 Å². The average molecular weight is 250 g/mol. The van der Waals surface area contributed by atoms with E-state index < -0.39 is 0 Å². The van der Waals surface area contributed by atoms with E-state index in [0.717, 1.165) is 34.2 Å². The first kappa shape index (κ1) is 11.5. The van der Waals surface area contributed by atoms with E-state index >= 15 is 0 Å². The van der Waals surface area contributed by atoms with E-state index in [0.29, 0.717) is 12.4 Å². The monoisotopic (exact) mass is 250 g/mol. The Kier molecular flexibility index (Phi) is 2.60. The number of aryl methyl sites for hydroxylation is 1. The van der Waals surface area contributed by atoms with Gasteiger partial charge in [-0.1, -0.05) is 31.0 Å². The molecule has 0 unspecified atom stereocenters. The summed E-state index contributed by atoms with van der Waals surface area (Å²) in [4.78, 5) is 8.98. The lowest BCUT2D eigenvalue weighted by atomic mass is 10.2. The van der Waals surface area contributed by atoms with Crippen molar-refractivity contribution in [3.8, 4) is 12.3 Å². The van der Waals surface area contributed by atoms with Crippen molar-refractivity contribution in [3.05, 3.63) is 30.1 Å². The Hall–Kier alpha value is -2.54. The highest BCUT2D eigenvalue weighted by atomic mass is 15.1. The molecule has 0 fully saturated rings. The fourth-order valence-corrected chi connectivity index (χ4v) is 2.44. The van der Waals surface area contributed by atoms with Gasteiger partial charge >= 0.3 is 0 Å². The van der Waals surface area contributed by atoms with Crippen LogP contribution in [0.3, 0.4) is 0 Å². The first-order valence-corrected chi connectivity index (χ1v) is 6.23. The number of aromatic nitrogens is 3. The third-order valence-corrected chi connectivity index (χ3v) is 3.25. The van der Waals surface area contributed by atoms with Crippen molar-refractivity contribution >= 4 is 27.8 Å². The van der Waals surface area contributed by atoms with E-state index in [-0.39, 0.29) is 0 Å². The van der Waals surface area contributed by atoms with Crippen LogP contribution in [0.1, 0.15) is 12.7 Å². The Morgan fingerprint density at radius 2 is 2.11 bits per heavy atom. The van der Waals surface area contributed by atoms with E-state index in [9.17, 15) is 0 Å². The second kappa shape index (κ2) is 4.29. The maximum absolute atomic E-state index is 6.02. The molecular formula is C15H14N4. The van der Waals surface area contributed by atoms with Crippen molar-refractivity contribution < 1.29 is 0 Å². The van der Waals surface area contributed by atoms with E-state index in [1.807, 2.05) is 24.3 Å². The molecule has 0 saturated heterocycles. The number of pyridine rings is 1. The second-order valence-electron chi connectivity index (χ2n) is 4.38. The SMILES string of the molecule is C#CCn1c(CC)nc2c(N)nc3ccccc3c21. The van der Waals surface area contributed by atoms with Gasteiger partial charge in [-0.2, -0.15) is 0 Å². The molecule has 0 amide bonds. The number of nitrogen functional groups attached to an aromatic ring is 1. The summed E-state index contributed by atoms with van der Waals surface area (Å²) in [6.45, 7) is 2.55. The lowest BCUT2D eigenvalue weighted by Gasteiger charge is -2.06. The predicted molar refractivity (Wildman–Crippen MR) is 77.7 cm³/mol. The number of imidazole rings is 1. The summed E-state index contributed by atoms with van der Waals surface area (Å²) >= 11 is 0. The smallest absolute Gasteiger partial charge is 0.152 e. The van der Waals surface area contributed by atoms with Crippen LogP contribution in [0.4, 0.5) is 5.82 Å². The molecule has 0 spiro atoms. The standard InChI is InChI=1S/C15H14N4/c1-3-9-19-12(4-2)18-13-14(19)10-7-5-6-8-11(10)17-15(13)16/h1,5-8H,4,9H2,2H3,(H2,16,17). The third-order valence-electron chi connectivity index (χ3n) is 3.25. The van der Waals surface area contributed by atoms with Gasteiger partial charge < -0.3 is 10.3 Å². The fraction of sp³-hybridized carbons (Fsp3) is 0.200. The van der Waals surface area contributed by atoms with Crippen molar-refractivity contribution in [1.29, 1.82) is 0 Å². The van der Waals surface area contributed by atoms with E-state index in [2.05, 4.69) is 27.4 Å². The number of fused-ring (bicyclic) bond motifs is 3. The zero-order chi connectivity index (χ0) is 13.4. The van der Waals surface area contributed by atoms with Crippen LogP contribution in [0.15, 0.2) is 24.3 Å². The summed E-state index contributed by atoms with van der Waals surface area (Å²) in [7, 11) is 0. The molecule has 2 heterocycles. The number of nitrogens with zero attached hydrogens (tertiary/aromatic N) is 3. The second-order valence-corrected chi connectivity index (χ2v) is 4.38. The van der Waals surface area contributed by atoms with Crippen LogP contribution in [-0.2, 0) is 13.0 Å². The Balaban J connectivity index is 2.53. The largest absolute Gasteiger partial charge is 0.382 e. The predicted octanol–water partition coefficient (Wildman–Crippen LogP) is 2.36. The molecular weight excluding hydrogens is 236 g/mol. The molecule has 2 aromatic heterocycles. The molecule has 3 rings (SSSR count). The van der Waals surface area contributed by atoms with E-state index in [1.165, 1.54) is 0 Å². The highest BCUT2D eigenvalue weighted by Crippen LogP contribution is 2.28. The van der Waals surface area contributed by atoms with Gasteiger partial charge in [0, 0.05) is 11.8 Å². The van der Waals surface area contributed by atoms with Gasteiger partial charge in [0.2, 0.25) is 0 Å². The van der Waals surface area contributed by atoms with Gasteiger partial charge in [0.25, 0.3) is 0 Å². The lowest BCUT2D eigenvalue weighted by Crippen LogP contribution is -2.02. The normalized spacial score (nSPS) is 10.9. The summed E-state index contributed by atoms with van der Waals surface area (Å²) in [5.74, 6) is 4.08. The van der Waals surface area contributed by atoms with Crippen LogP contribution in [0.5, 0.6) is 0 Å². The van der Waals surface area contributed by atoms with Crippen molar-refractivity contribution in [2.24, 2.45) is 0 Å². The molecule has 0 radical (unpaired) electrons. The maximum atomic E-state index is 6.02. The molecule has 0 aliphatic carbocycles. The first-order chi connectivity index (χ1) is 9.26. The highest BCUT2D eigenvalue weighted by molar-refractivity contribution is 6.06. The fourth-order valence-electron chi connectivity index (χ4n) is 2.44. The van der Waals surface area contributed by atoms with Crippen molar-refractivity contribution in [2.45, 2.75) is 19.9 Å². The van der Waals surface area contributed by atoms with Crippen molar-refractivity contribution in [2.75, 3.05) is 5.73 Å². The van der Waals surface area contributed by atoms with E-state index in [1.54, 1.807) is 0 Å². The third kappa shape index (κ3) is 1.63. The molecule has 0 saturated carbocycles. The minimum atomic E-state index is 0.458. The Morgan fingerprint density at radius 3 is 2.84 bits per heavy atom. The van der Waals surface area contributed by atoms with Crippen LogP contribution in [0, 0.1) is 12.3 Å². The molecule has 1 aromatic carbocycles. The quantitative estimate of drug-likeness (QED) is 0.710. The van der Waals surface area contributed by atoms with E-state index in [4.69, 9.17) is 12.2 Å². The van der Waals surface area contributed by atoms with Crippen LogP contribution in [0.25, 0.3) is 21.9 Å². The average Bonchev–Trinajstić information content (AvgIpc) is 2.79. The molecule has 0 aliphatic heterocycles. The summed E-state index contributed by atoms with van der Waals surface area (Å²) in [5, 5.41) is 1.04. The van der Waals surface area contributed by atoms with Crippen LogP contribution >= 0.6 is 0 Å². The summed E-state index contributed by atoms with van der Waals surface area (Å²) < 4.78 is 2.05. The summed E-state index contributed by atoms with van der Waals surface area (Å²) in [5.41, 5.74) is 8.61. The number of nitrogens with two attached hydrogens (primary N) is 1. The van der Waals surface area contributed by atoms with Crippen LogP contribution in [-0.4, -0.2) is 14.5 Å². The molecule has 2 N–H and O–H groups in total. The highest BCUT2D eigenvalue weighted by Gasteiger charge is 2.15. The van der Waals surface area contributed by atoms with Gasteiger partial charge in [0.15, 0.2) is 5.82 Å². The molecule has 0 aliphatic rings. The van der Waals surface area contributed by atoms with Gasteiger partial charge in [0.1, 0.15) is 11.3 Å². The van der Waals surface area contributed by atoms with Gasteiger partial charge in [-0.15, -0.1) is 6.42 Å². The number of hydrogen-bond donors (Lipinski definition) is 1. The molecule has 0 atom stereocenters. The number of terminal acetylenes is 1. The van der Waals surface area contributed by atoms with Crippen LogP contribution < -0.4 is 5.73 Å². The van der Waals surface area contributed by atoms with Crippen molar-refractivity contribution in [3.63, 3.8) is 0 Å². The zero-order valence-corrected chi connectivity index (χ0v) is 10.7. The molecule has 4 heteroatoms. The summed E-state index contributed by atoms with van der Waals surface area (Å²) in [6.07, 6.45) is 6.28. The Morgan fingerprint density at radius 1 is 1.32 bits per heavy atom. The number of anilines is 1. The molecule has 3 aromatic rings. The van der Waals surface area contributed by atoms with Gasteiger partial charge in [0.05, 0.1) is 17.6 Å². The minimum Gasteiger partial charge on any atom is -0.382 e. The number of benzene rings is 1. The Labute approximate surface area is 111 Å². The number of para-hydroxylation sites is 1. The van der Waals surface area contributed by atoms with Crippen molar-refractivity contribution in [1.82, 2.24) is 14.5 Å². The van der Waals surface area contributed by atoms with Gasteiger partial charge in [-0.3, -0.25) is 0 Å². The number of hydrogen-bond acceptors (Lipinski definition) is 3. The maximum Gasteiger partial charge on any atom is 0.152 e. The lowest BCUT2D eigenvalue weighted by molar-refractivity contribution is 0.784. The molecule has 0 bridgehead atoms. The molecule has 4 nitrogen and oxygen atoms in total. The Bertz CT molecular complexity index is 808. The van der Waals surface area contributed by atoms with Crippen LogP contribution in [0.2, 0.25) is 0 Å². The number of rotatable bonds is 2.